The molecule has 1 fully saturated rings. The summed E-state index contributed by atoms with van der Waals surface area (Å²) in [7, 11) is 0. The van der Waals surface area contributed by atoms with Crippen molar-refractivity contribution in [2.75, 3.05) is 47.8 Å². The number of piperazine rings is 1. The predicted molar refractivity (Wildman–Crippen MR) is 111 cm³/mol. The highest BCUT2D eigenvalue weighted by Gasteiger charge is 2.24. The Morgan fingerprint density at radius 1 is 1.04 bits per heavy atom. The lowest BCUT2D eigenvalue weighted by molar-refractivity contribution is 0.630. The molecule has 7 nitrogen and oxygen atoms in total. The molecule has 28 heavy (non-hydrogen) atoms. The van der Waals surface area contributed by atoms with Crippen molar-refractivity contribution in [3.63, 3.8) is 0 Å². The number of aromatic nitrogens is 3. The standard InChI is InChI=1S/C21H27N7/c1-3-23-21-24-15(2)12-19(26-21)27-8-10-28(11-9-27)20-17(14-22)13-16-6-4-5-7-18(16)25-20/h12-13H,3-11H2,1-2H3,(H,23,24,26). The van der Waals surface area contributed by atoms with Crippen LogP contribution in [0.25, 0.3) is 0 Å². The zero-order valence-corrected chi connectivity index (χ0v) is 16.7. The van der Waals surface area contributed by atoms with Crippen LogP contribution in [0.5, 0.6) is 0 Å². The lowest BCUT2D eigenvalue weighted by atomic mass is 9.95. The predicted octanol–water partition coefficient (Wildman–Crippen LogP) is 2.69. The van der Waals surface area contributed by atoms with Crippen LogP contribution in [-0.4, -0.2) is 47.7 Å². The molecule has 1 N–H and O–H groups in total. The maximum atomic E-state index is 9.64. The molecule has 2 aliphatic rings. The van der Waals surface area contributed by atoms with E-state index < -0.39 is 0 Å². The number of rotatable bonds is 4. The topological polar surface area (TPSA) is 81.0 Å². The highest BCUT2D eigenvalue weighted by Crippen LogP contribution is 2.27. The van der Waals surface area contributed by atoms with Gasteiger partial charge < -0.3 is 15.1 Å². The van der Waals surface area contributed by atoms with Crippen LogP contribution >= 0.6 is 0 Å². The smallest absolute Gasteiger partial charge is 0.224 e. The first-order valence-corrected chi connectivity index (χ1v) is 10.2. The number of pyridine rings is 1. The fraction of sp³-hybridized carbons (Fsp3) is 0.524. The summed E-state index contributed by atoms with van der Waals surface area (Å²) in [5, 5.41) is 12.8. The van der Waals surface area contributed by atoms with Crippen LogP contribution in [0.1, 0.15) is 42.3 Å². The van der Waals surface area contributed by atoms with Gasteiger partial charge in [-0.25, -0.2) is 9.97 Å². The van der Waals surface area contributed by atoms with Crippen LogP contribution in [0.4, 0.5) is 17.6 Å². The summed E-state index contributed by atoms with van der Waals surface area (Å²) in [6.45, 7) is 8.22. The van der Waals surface area contributed by atoms with E-state index >= 15 is 0 Å². The van der Waals surface area contributed by atoms with Gasteiger partial charge in [0, 0.05) is 50.2 Å². The molecular formula is C21H27N7. The number of anilines is 3. The van der Waals surface area contributed by atoms with Gasteiger partial charge in [-0.3, -0.25) is 0 Å². The summed E-state index contributed by atoms with van der Waals surface area (Å²) in [5.41, 5.74) is 4.12. The van der Waals surface area contributed by atoms with Gasteiger partial charge in [-0.1, -0.05) is 0 Å². The molecule has 2 aromatic rings. The SMILES string of the molecule is CCNc1nc(C)cc(N2CCN(c3nc4c(cc3C#N)CCCC4)CC2)n1. The van der Waals surface area contributed by atoms with Crippen molar-refractivity contribution in [3.8, 4) is 6.07 Å². The minimum Gasteiger partial charge on any atom is -0.354 e. The third kappa shape index (κ3) is 3.72. The third-order valence-corrected chi connectivity index (χ3v) is 5.48. The maximum Gasteiger partial charge on any atom is 0.224 e. The molecule has 4 rings (SSSR count). The molecule has 0 atom stereocenters. The van der Waals surface area contributed by atoms with Crippen LogP contribution in [0.3, 0.4) is 0 Å². The zero-order valence-electron chi connectivity index (χ0n) is 16.7. The summed E-state index contributed by atoms with van der Waals surface area (Å²) >= 11 is 0. The summed E-state index contributed by atoms with van der Waals surface area (Å²) in [5.74, 6) is 2.50. The Labute approximate surface area is 166 Å². The van der Waals surface area contributed by atoms with Crippen LogP contribution in [0.2, 0.25) is 0 Å². The van der Waals surface area contributed by atoms with Gasteiger partial charge in [0.2, 0.25) is 5.95 Å². The van der Waals surface area contributed by atoms with Gasteiger partial charge in [-0.05, 0) is 51.2 Å². The molecule has 1 aliphatic heterocycles. The number of hydrogen-bond donors (Lipinski definition) is 1. The lowest BCUT2D eigenvalue weighted by Crippen LogP contribution is -2.47. The van der Waals surface area contributed by atoms with Crippen LogP contribution in [-0.2, 0) is 12.8 Å². The molecule has 3 heterocycles. The van der Waals surface area contributed by atoms with Crippen LogP contribution in [0, 0.1) is 18.3 Å². The van der Waals surface area contributed by atoms with Crippen molar-refractivity contribution in [1.29, 1.82) is 5.26 Å². The van der Waals surface area contributed by atoms with E-state index in [9.17, 15) is 5.26 Å². The minimum absolute atomic E-state index is 0.683. The molecule has 1 saturated heterocycles. The normalized spacial score (nSPS) is 16.5. The number of fused-ring (bicyclic) bond motifs is 1. The highest BCUT2D eigenvalue weighted by atomic mass is 15.3. The molecule has 0 aromatic carbocycles. The van der Waals surface area contributed by atoms with Gasteiger partial charge in [-0.15, -0.1) is 0 Å². The van der Waals surface area contributed by atoms with E-state index in [4.69, 9.17) is 4.98 Å². The fourth-order valence-electron chi connectivity index (χ4n) is 4.04. The van der Waals surface area contributed by atoms with Crippen LogP contribution < -0.4 is 15.1 Å². The van der Waals surface area contributed by atoms with Gasteiger partial charge in [0.1, 0.15) is 17.7 Å². The van der Waals surface area contributed by atoms with Gasteiger partial charge >= 0.3 is 0 Å². The minimum atomic E-state index is 0.683. The Morgan fingerprint density at radius 2 is 1.79 bits per heavy atom. The Hall–Kier alpha value is -2.88. The largest absolute Gasteiger partial charge is 0.354 e. The number of nitrogens with one attached hydrogen (secondary N) is 1. The highest BCUT2D eigenvalue weighted by molar-refractivity contribution is 5.58. The molecule has 0 radical (unpaired) electrons. The molecule has 0 spiro atoms. The van der Waals surface area contributed by atoms with Crippen molar-refractivity contribution in [2.45, 2.75) is 39.5 Å². The van der Waals surface area contributed by atoms with E-state index in [1.807, 2.05) is 19.9 Å². The van der Waals surface area contributed by atoms with Crippen LogP contribution in [0.15, 0.2) is 12.1 Å². The quantitative estimate of drug-likeness (QED) is 0.877. The van der Waals surface area contributed by atoms with Crippen molar-refractivity contribution >= 4 is 17.6 Å². The Morgan fingerprint density at radius 3 is 2.54 bits per heavy atom. The van der Waals surface area contributed by atoms with E-state index in [-0.39, 0.29) is 0 Å². The molecule has 0 unspecified atom stereocenters. The summed E-state index contributed by atoms with van der Waals surface area (Å²) in [6.07, 6.45) is 4.47. The first-order chi connectivity index (χ1) is 13.7. The average molecular weight is 377 g/mol. The van der Waals surface area contributed by atoms with E-state index in [2.05, 4.69) is 37.2 Å². The first kappa shape index (κ1) is 18.5. The molecule has 0 amide bonds. The Balaban J connectivity index is 1.51. The van der Waals surface area contributed by atoms with Crippen molar-refractivity contribution in [1.82, 2.24) is 15.0 Å². The van der Waals surface area contributed by atoms with E-state index in [0.717, 1.165) is 62.9 Å². The van der Waals surface area contributed by atoms with Gasteiger partial charge in [-0.2, -0.15) is 10.2 Å². The van der Waals surface area contributed by atoms with E-state index in [0.29, 0.717) is 11.5 Å². The summed E-state index contributed by atoms with van der Waals surface area (Å²) in [6, 6.07) is 6.47. The number of nitrogens with zero attached hydrogens (tertiary/aromatic N) is 6. The maximum absolute atomic E-state index is 9.64. The monoisotopic (exact) mass is 377 g/mol. The van der Waals surface area contributed by atoms with Crippen molar-refractivity contribution in [2.24, 2.45) is 0 Å². The number of nitriles is 1. The van der Waals surface area contributed by atoms with Crippen molar-refractivity contribution < 1.29 is 0 Å². The number of hydrogen-bond acceptors (Lipinski definition) is 7. The molecule has 7 heteroatoms. The molecule has 0 saturated carbocycles. The van der Waals surface area contributed by atoms with E-state index in [1.54, 1.807) is 0 Å². The third-order valence-electron chi connectivity index (χ3n) is 5.48. The molecule has 1 aliphatic carbocycles. The Bertz CT molecular complexity index is 894. The fourth-order valence-corrected chi connectivity index (χ4v) is 4.04. The second kappa shape index (κ2) is 8.01. The van der Waals surface area contributed by atoms with Gasteiger partial charge in [0.05, 0.1) is 5.56 Å². The second-order valence-electron chi connectivity index (χ2n) is 7.48. The lowest BCUT2D eigenvalue weighted by Gasteiger charge is -2.37. The first-order valence-electron chi connectivity index (χ1n) is 10.2. The van der Waals surface area contributed by atoms with Gasteiger partial charge in [0.25, 0.3) is 0 Å². The average Bonchev–Trinajstić information content (AvgIpc) is 2.72. The molecule has 146 valence electrons. The Kier molecular flexibility index (Phi) is 5.29. The van der Waals surface area contributed by atoms with E-state index in [1.165, 1.54) is 24.1 Å². The zero-order chi connectivity index (χ0) is 19.5. The van der Waals surface area contributed by atoms with Gasteiger partial charge in [0.15, 0.2) is 0 Å². The molecule has 2 aromatic heterocycles. The molecular weight excluding hydrogens is 350 g/mol. The summed E-state index contributed by atoms with van der Waals surface area (Å²) < 4.78 is 0. The summed E-state index contributed by atoms with van der Waals surface area (Å²) in [4.78, 5) is 18.5. The number of aryl methyl sites for hydroxylation is 3. The molecule has 0 bridgehead atoms. The van der Waals surface area contributed by atoms with Crippen molar-refractivity contribution in [3.05, 3.63) is 34.6 Å². The second-order valence-corrected chi connectivity index (χ2v) is 7.48.